The van der Waals surface area contributed by atoms with Crippen LogP contribution in [0.4, 0.5) is 0 Å². The van der Waals surface area contributed by atoms with E-state index in [-0.39, 0.29) is 23.2 Å². The molecule has 0 spiro atoms. The largest absolute Gasteiger partial charge is 0.465 e. The summed E-state index contributed by atoms with van der Waals surface area (Å²) < 4.78 is 32.2. The first-order valence-electron chi connectivity index (χ1n) is 7.23. The van der Waals surface area contributed by atoms with Crippen molar-refractivity contribution in [3.63, 3.8) is 0 Å². The van der Waals surface area contributed by atoms with Crippen molar-refractivity contribution < 1.29 is 17.6 Å². The van der Waals surface area contributed by atoms with Crippen molar-refractivity contribution >= 4 is 44.9 Å². The van der Waals surface area contributed by atoms with E-state index in [1.165, 1.54) is 22.7 Å². The topological polar surface area (TPSA) is 70.8 Å². The Hall–Kier alpha value is -1.61. The fourth-order valence-electron chi connectivity index (χ4n) is 2.36. The number of thiophene rings is 1. The van der Waals surface area contributed by atoms with E-state index in [2.05, 4.69) is 0 Å². The monoisotopic (exact) mass is 386 g/mol. The zero-order valence-electron chi connectivity index (χ0n) is 12.6. The number of halogens is 1. The maximum absolute atomic E-state index is 12.5. The Morgan fingerprint density at radius 2 is 1.96 bits per heavy atom. The van der Waals surface area contributed by atoms with Crippen molar-refractivity contribution in [2.24, 2.45) is 0 Å². The van der Waals surface area contributed by atoms with Crippen LogP contribution in [-0.2, 0) is 14.8 Å². The number of carbonyl (C=O) groups excluding carboxylic acids is 1. The summed E-state index contributed by atoms with van der Waals surface area (Å²) in [5.74, 6) is 0.432. The highest BCUT2D eigenvalue weighted by atomic mass is 35.5. The summed E-state index contributed by atoms with van der Waals surface area (Å²) in [4.78, 5) is 13.8. The number of sulfonamides is 1. The lowest BCUT2D eigenvalue weighted by Crippen LogP contribution is -2.50. The smallest absolute Gasteiger partial charge is 0.252 e. The third-order valence-corrected chi connectivity index (χ3v) is 7.22. The number of nitrogens with zero attached hydrogens (tertiary/aromatic N) is 2. The minimum absolute atomic E-state index is 0.164. The minimum atomic E-state index is -3.54. The van der Waals surface area contributed by atoms with Gasteiger partial charge in [-0.1, -0.05) is 11.6 Å². The van der Waals surface area contributed by atoms with Crippen LogP contribution in [0, 0.1) is 0 Å². The van der Waals surface area contributed by atoms with Crippen molar-refractivity contribution in [2.45, 2.75) is 4.21 Å². The summed E-state index contributed by atoms with van der Waals surface area (Å²) in [5.41, 5.74) is 0. The van der Waals surface area contributed by atoms with Crippen LogP contribution >= 0.6 is 22.9 Å². The summed E-state index contributed by atoms with van der Waals surface area (Å²) in [6.07, 6.45) is 4.56. The summed E-state index contributed by atoms with van der Waals surface area (Å²) >= 11 is 6.85. The normalized spacial score (nSPS) is 16.8. The summed E-state index contributed by atoms with van der Waals surface area (Å²) in [6, 6.07) is 6.56. The fourth-order valence-corrected chi connectivity index (χ4v) is 5.42. The molecule has 0 radical (unpaired) electrons. The summed E-state index contributed by atoms with van der Waals surface area (Å²) in [6.45, 7) is 1.22. The van der Waals surface area contributed by atoms with Crippen LogP contribution in [0.2, 0.25) is 4.34 Å². The van der Waals surface area contributed by atoms with Crippen LogP contribution in [0.15, 0.2) is 45.2 Å². The average molecular weight is 387 g/mol. The molecule has 0 bridgehead atoms. The lowest BCUT2D eigenvalue weighted by Gasteiger charge is -2.33. The quantitative estimate of drug-likeness (QED) is 0.757. The van der Waals surface area contributed by atoms with Gasteiger partial charge in [0, 0.05) is 32.3 Å². The van der Waals surface area contributed by atoms with Crippen LogP contribution in [0.5, 0.6) is 0 Å². The average Bonchev–Trinajstić information content (AvgIpc) is 3.24. The van der Waals surface area contributed by atoms with Crippen molar-refractivity contribution in [2.75, 3.05) is 26.2 Å². The van der Waals surface area contributed by atoms with Crippen molar-refractivity contribution in [3.05, 3.63) is 46.7 Å². The third-order valence-electron chi connectivity index (χ3n) is 3.63. The van der Waals surface area contributed by atoms with E-state index in [1.807, 2.05) is 0 Å². The van der Waals surface area contributed by atoms with Gasteiger partial charge < -0.3 is 9.32 Å². The lowest BCUT2D eigenvalue weighted by molar-refractivity contribution is -0.127. The highest BCUT2D eigenvalue weighted by molar-refractivity contribution is 7.91. The first kappa shape index (κ1) is 17.2. The van der Waals surface area contributed by atoms with Crippen LogP contribution < -0.4 is 0 Å². The molecule has 1 amide bonds. The molecule has 9 heteroatoms. The van der Waals surface area contributed by atoms with Crippen LogP contribution in [-0.4, -0.2) is 49.7 Å². The van der Waals surface area contributed by atoms with Crippen LogP contribution in [0.25, 0.3) is 6.08 Å². The van der Waals surface area contributed by atoms with Crippen molar-refractivity contribution in [1.29, 1.82) is 0 Å². The van der Waals surface area contributed by atoms with Crippen LogP contribution in [0.1, 0.15) is 5.76 Å². The molecule has 3 rings (SSSR count). The molecule has 1 saturated heterocycles. The van der Waals surface area contributed by atoms with Gasteiger partial charge in [0.2, 0.25) is 5.91 Å². The van der Waals surface area contributed by atoms with E-state index >= 15 is 0 Å². The molecule has 0 aromatic carbocycles. The molecule has 1 fully saturated rings. The minimum Gasteiger partial charge on any atom is -0.465 e. The van der Waals surface area contributed by atoms with Gasteiger partial charge in [-0.3, -0.25) is 4.79 Å². The number of piperazine rings is 1. The SMILES string of the molecule is O=C(/C=C/c1ccco1)N1CCN(S(=O)(=O)c2ccc(Cl)s2)CC1. The maximum Gasteiger partial charge on any atom is 0.252 e. The zero-order valence-corrected chi connectivity index (χ0v) is 15.0. The number of hydrogen-bond donors (Lipinski definition) is 0. The molecule has 128 valence electrons. The molecule has 2 aromatic heterocycles. The first-order chi connectivity index (χ1) is 11.5. The second kappa shape index (κ2) is 7.10. The number of carbonyl (C=O) groups is 1. The van der Waals surface area contributed by atoms with E-state index in [9.17, 15) is 13.2 Å². The van der Waals surface area contributed by atoms with Gasteiger partial charge in [0.25, 0.3) is 10.0 Å². The Balaban J connectivity index is 1.60. The maximum atomic E-state index is 12.5. The highest BCUT2D eigenvalue weighted by Crippen LogP contribution is 2.28. The summed E-state index contributed by atoms with van der Waals surface area (Å²) in [7, 11) is -3.54. The Kier molecular flexibility index (Phi) is 5.09. The van der Waals surface area contributed by atoms with Crippen LogP contribution in [0.3, 0.4) is 0 Å². The summed E-state index contributed by atoms with van der Waals surface area (Å²) in [5, 5.41) is 0. The van der Waals surface area contributed by atoms with Gasteiger partial charge in [-0.2, -0.15) is 4.31 Å². The van der Waals surface area contributed by atoms with E-state index in [1.54, 1.807) is 29.2 Å². The first-order valence-corrected chi connectivity index (χ1v) is 9.86. The molecule has 1 aliphatic heterocycles. The predicted molar refractivity (Wildman–Crippen MR) is 92.4 cm³/mol. The Bertz CT molecular complexity index is 835. The van der Waals surface area contributed by atoms with E-state index in [0.717, 1.165) is 11.3 Å². The van der Waals surface area contributed by atoms with Gasteiger partial charge in [-0.25, -0.2) is 8.42 Å². The molecule has 0 N–H and O–H groups in total. The second-order valence-corrected chi connectivity index (χ2v) is 9.02. The van der Waals surface area contributed by atoms with E-state index in [4.69, 9.17) is 16.0 Å². The molecule has 1 aliphatic rings. The van der Waals surface area contributed by atoms with Gasteiger partial charge >= 0.3 is 0 Å². The van der Waals surface area contributed by atoms with Gasteiger partial charge in [0.05, 0.1) is 10.6 Å². The highest BCUT2D eigenvalue weighted by Gasteiger charge is 2.30. The second-order valence-electron chi connectivity index (χ2n) is 5.14. The molecule has 2 aromatic rings. The molecular weight excluding hydrogens is 372 g/mol. The zero-order chi connectivity index (χ0) is 17.2. The van der Waals surface area contributed by atoms with Gasteiger partial charge in [-0.05, 0) is 30.3 Å². The molecule has 3 heterocycles. The molecule has 0 atom stereocenters. The third kappa shape index (κ3) is 3.72. The molecule has 0 aliphatic carbocycles. The Morgan fingerprint density at radius 1 is 1.21 bits per heavy atom. The van der Waals surface area contributed by atoms with Crippen molar-refractivity contribution in [1.82, 2.24) is 9.21 Å². The number of amides is 1. The van der Waals surface area contributed by atoms with Crippen molar-refractivity contribution in [3.8, 4) is 0 Å². The van der Waals surface area contributed by atoms with E-state index < -0.39 is 10.0 Å². The molecule has 0 unspecified atom stereocenters. The standard InChI is InChI=1S/C15H15ClN2O4S2/c16-13-4-6-15(23-13)24(20,21)18-9-7-17(8-10-18)14(19)5-3-12-2-1-11-22-12/h1-6,11H,7-10H2/b5-3+. The number of rotatable bonds is 4. The van der Waals surface area contributed by atoms with E-state index in [0.29, 0.717) is 23.2 Å². The predicted octanol–water partition coefficient (Wildman–Crippen LogP) is 2.54. The van der Waals surface area contributed by atoms with Gasteiger partial charge in [0.1, 0.15) is 9.97 Å². The fraction of sp³-hybridized carbons (Fsp3) is 0.267. The lowest BCUT2D eigenvalue weighted by atomic mass is 10.3. The van der Waals surface area contributed by atoms with Gasteiger partial charge in [0.15, 0.2) is 0 Å². The Morgan fingerprint density at radius 3 is 2.54 bits per heavy atom. The molecule has 0 saturated carbocycles. The number of furan rings is 1. The molecule has 24 heavy (non-hydrogen) atoms. The van der Waals surface area contributed by atoms with Gasteiger partial charge in [-0.15, -0.1) is 11.3 Å². The molecular formula is C15H15ClN2O4S2. The number of hydrogen-bond acceptors (Lipinski definition) is 5. The Labute approximate surface area is 149 Å². The molecule has 6 nitrogen and oxygen atoms in total.